The number of nitrogens with two attached hydrogens (primary N) is 1. The number of thioether (sulfide) groups is 1. The molecular formula is C15H11NS2. The van der Waals surface area contributed by atoms with E-state index >= 15 is 0 Å². The fraction of sp³-hybridized carbons (Fsp3) is 0. The first-order valence-corrected chi connectivity index (χ1v) is 6.85. The molecule has 0 unspecified atom stereocenters. The van der Waals surface area contributed by atoms with Gasteiger partial charge in [-0.05, 0) is 39.7 Å². The van der Waals surface area contributed by atoms with Crippen LogP contribution in [0.3, 0.4) is 0 Å². The molecule has 3 aromatic carbocycles. The van der Waals surface area contributed by atoms with E-state index in [-0.39, 0.29) is 0 Å². The van der Waals surface area contributed by atoms with Crippen LogP contribution in [0.5, 0.6) is 0 Å². The van der Waals surface area contributed by atoms with Crippen LogP contribution in [0.1, 0.15) is 0 Å². The number of thiocarbonyl (C=S) groups is 1. The lowest BCUT2D eigenvalue weighted by atomic mass is 10.0. The highest BCUT2D eigenvalue weighted by molar-refractivity contribution is 8.23. The Bertz CT molecular complexity index is 750. The van der Waals surface area contributed by atoms with Gasteiger partial charge in [0.05, 0.1) is 0 Å². The van der Waals surface area contributed by atoms with Gasteiger partial charge in [-0.1, -0.05) is 60.4 Å². The minimum atomic E-state index is 0.454. The lowest BCUT2D eigenvalue weighted by molar-refractivity contribution is 1.57. The number of hydrogen-bond acceptors (Lipinski definition) is 2. The molecule has 0 aliphatic carbocycles. The predicted molar refractivity (Wildman–Crippen MR) is 84.1 cm³/mol. The molecule has 0 atom stereocenters. The largest absolute Gasteiger partial charge is 0.384 e. The molecule has 0 aromatic heterocycles. The summed E-state index contributed by atoms with van der Waals surface area (Å²) in [5.74, 6) is 0. The maximum atomic E-state index is 5.62. The highest BCUT2D eigenvalue weighted by Gasteiger charge is 2.04. The molecule has 0 saturated carbocycles. The van der Waals surface area contributed by atoms with Crippen LogP contribution in [0.25, 0.3) is 21.5 Å². The van der Waals surface area contributed by atoms with Crippen molar-refractivity contribution >= 4 is 49.8 Å². The molecule has 0 fully saturated rings. The van der Waals surface area contributed by atoms with Crippen LogP contribution in [0.4, 0.5) is 0 Å². The SMILES string of the molecule is NC(=S)Sc1cccc2cc3ccccc3cc12. The summed E-state index contributed by atoms with van der Waals surface area (Å²) in [5.41, 5.74) is 5.62. The van der Waals surface area contributed by atoms with Crippen LogP contribution in [-0.4, -0.2) is 4.32 Å². The van der Waals surface area contributed by atoms with Gasteiger partial charge in [0.15, 0.2) is 0 Å². The monoisotopic (exact) mass is 269 g/mol. The van der Waals surface area contributed by atoms with Gasteiger partial charge in [-0.3, -0.25) is 0 Å². The van der Waals surface area contributed by atoms with Gasteiger partial charge in [-0.25, -0.2) is 0 Å². The van der Waals surface area contributed by atoms with E-state index in [1.807, 2.05) is 6.07 Å². The quantitative estimate of drug-likeness (QED) is 0.404. The van der Waals surface area contributed by atoms with Crippen LogP contribution in [-0.2, 0) is 0 Å². The molecule has 0 aliphatic heterocycles. The molecule has 0 saturated heterocycles. The van der Waals surface area contributed by atoms with E-state index in [9.17, 15) is 0 Å². The Balaban J connectivity index is 2.32. The van der Waals surface area contributed by atoms with E-state index in [0.717, 1.165) is 4.90 Å². The molecule has 88 valence electrons. The minimum Gasteiger partial charge on any atom is -0.384 e. The van der Waals surface area contributed by atoms with E-state index < -0.39 is 0 Å². The molecule has 0 bridgehead atoms. The standard InChI is InChI=1S/C15H11NS2/c16-15(17)18-14-7-3-6-12-8-10-4-1-2-5-11(10)9-13(12)14/h1-9H,(H2,16,17). The molecule has 0 spiro atoms. The van der Waals surface area contributed by atoms with Gasteiger partial charge in [-0.15, -0.1) is 0 Å². The first kappa shape index (κ1) is 11.5. The van der Waals surface area contributed by atoms with Crippen LogP contribution < -0.4 is 5.73 Å². The number of rotatable bonds is 1. The fourth-order valence-corrected chi connectivity index (χ4v) is 3.05. The summed E-state index contributed by atoms with van der Waals surface area (Å²) in [6.45, 7) is 0. The molecule has 3 rings (SSSR count). The van der Waals surface area contributed by atoms with Crippen LogP contribution in [0.2, 0.25) is 0 Å². The van der Waals surface area contributed by atoms with Crippen molar-refractivity contribution in [2.24, 2.45) is 5.73 Å². The Morgan fingerprint density at radius 3 is 2.28 bits per heavy atom. The van der Waals surface area contributed by atoms with Crippen molar-refractivity contribution in [1.29, 1.82) is 0 Å². The summed E-state index contributed by atoms with van der Waals surface area (Å²) in [6.07, 6.45) is 0. The third-order valence-electron chi connectivity index (χ3n) is 2.92. The number of benzene rings is 3. The van der Waals surface area contributed by atoms with Gasteiger partial charge in [0.1, 0.15) is 4.32 Å². The average molecular weight is 269 g/mol. The summed E-state index contributed by atoms with van der Waals surface area (Å²) < 4.78 is 0.454. The van der Waals surface area contributed by atoms with Crippen molar-refractivity contribution in [2.45, 2.75) is 4.90 Å². The molecule has 3 aromatic rings. The Morgan fingerprint density at radius 2 is 1.56 bits per heavy atom. The highest BCUT2D eigenvalue weighted by atomic mass is 32.2. The van der Waals surface area contributed by atoms with Gasteiger partial charge < -0.3 is 5.73 Å². The second kappa shape index (κ2) is 4.59. The van der Waals surface area contributed by atoms with Gasteiger partial charge >= 0.3 is 0 Å². The third kappa shape index (κ3) is 2.07. The normalized spacial score (nSPS) is 10.9. The fourth-order valence-electron chi connectivity index (χ4n) is 2.14. The van der Waals surface area contributed by atoms with Crippen molar-refractivity contribution in [1.82, 2.24) is 0 Å². The maximum Gasteiger partial charge on any atom is 0.136 e. The number of hydrogen-bond donors (Lipinski definition) is 1. The van der Waals surface area contributed by atoms with Crippen molar-refractivity contribution in [3.63, 3.8) is 0 Å². The van der Waals surface area contributed by atoms with Crippen molar-refractivity contribution in [2.75, 3.05) is 0 Å². The summed E-state index contributed by atoms with van der Waals surface area (Å²) in [4.78, 5) is 1.12. The molecule has 1 nitrogen and oxygen atoms in total. The van der Waals surface area contributed by atoms with E-state index in [0.29, 0.717) is 4.32 Å². The topological polar surface area (TPSA) is 26.0 Å². The summed E-state index contributed by atoms with van der Waals surface area (Å²) >= 11 is 6.42. The highest BCUT2D eigenvalue weighted by Crippen LogP contribution is 2.31. The lowest BCUT2D eigenvalue weighted by Crippen LogP contribution is -2.01. The average Bonchev–Trinajstić information content (AvgIpc) is 2.36. The number of fused-ring (bicyclic) bond motifs is 2. The Morgan fingerprint density at radius 1 is 0.889 bits per heavy atom. The summed E-state index contributed by atoms with van der Waals surface area (Å²) in [7, 11) is 0. The first-order chi connectivity index (χ1) is 8.74. The smallest absolute Gasteiger partial charge is 0.136 e. The van der Waals surface area contributed by atoms with Crippen LogP contribution >= 0.6 is 24.0 Å². The van der Waals surface area contributed by atoms with E-state index in [4.69, 9.17) is 18.0 Å². The summed E-state index contributed by atoms with van der Waals surface area (Å²) in [5, 5.41) is 4.91. The van der Waals surface area contributed by atoms with Crippen LogP contribution in [0, 0.1) is 0 Å². The maximum absolute atomic E-state index is 5.62. The second-order valence-corrected chi connectivity index (χ2v) is 5.88. The molecule has 0 heterocycles. The minimum absolute atomic E-state index is 0.454. The zero-order valence-electron chi connectivity index (χ0n) is 9.59. The molecule has 18 heavy (non-hydrogen) atoms. The Labute approximate surface area is 115 Å². The lowest BCUT2D eigenvalue weighted by Gasteiger charge is -2.07. The van der Waals surface area contributed by atoms with E-state index in [1.165, 1.54) is 33.3 Å². The van der Waals surface area contributed by atoms with Gasteiger partial charge in [0.25, 0.3) is 0 Å². The first-order valence-electron chi connectivity index (χ1n) is 5.63. The zero-order chi connectivity index (χ0) is 12.5. The van der Waals surface area contributed by atoms with E-state index in [2.05, 4.69) is 48.5 Å². The molecule has 3 heteroatoms. The Kier molecular flexibility index (Phi) is 2.94. The van der Waals surface area contributed by atoms with Crippen molar-refractivity contribution in [3.8, 4) is 0 Å². The molecular weight excluding hydrogens is 258 g/mol. The zero-order valence-corrected chi connectivity index (χ0v) is 11.2. The third-order valence-corrected chi connectivity index (χ3v) is 3.94. The second-order valence-electron chi connectivity index (χ2n) is 4.10. The predicted octanol–water partition coefficient (Wildman–Crippen LogP) is 4.33. The van der Waals surface area contributed by atoms with Crippen molar-refractivity contribution in [3.05, 3.63) is 54.6 Å². The molecule has 0 amide bonds. The van der Waals surface area contributed by atoms with Crippen LogP contribution in [0.15, 0.2) is 59.5 Å². The van der Waals surface area contributed by atoms with Gasteiger partial charge in [0.2, 0.25) is 0 Å². The van der Waals surface area contributed by atoms with Gasteiger partial charge in [0, 0.05) is 4.90 Å². The van der Waals surface area contributed by atoms with E-state index in [1.54, 1.807) is 0 Å². The molecule has 0 aliphatic rings. The molecule has 0 radical (unpaired) electrons. The molecule has 2 N–H and O–H groups in total. The van der Waals surface area contributed by atoms with Gasteiger partial charge in [-0.2, -0.15) is 0 Å². The van der Waals surface area contributed by atoms with Crippen molar-refractivity contribution < 1.29 is 0 Å². The Hall–Kier alpha value is -1.58. The summed E-state index contributed by atoms with van der Waals surface area (Å²) in [6, 6.07) is 19.0.